The maximum absolute atomic E-state index is 12.5. The lowest BCUT2D eigenvalue weighted by atomic mass is 10.1. The molecule has 0 radical (unpaired) electrons. The number of fused-ring (bicyclic) bond motifs is 1. The van der Waals surface area contributed by atoms with E-state index >= 15 is 0 Å². The number of benzene rings is 1. The standard InChI is InChI=1S/C19H22N4O3/c1-19(2,3)25-18(24)23-11-5-8-15(23)17-21-16(22-26-17)13-6-4-7-14-12(13)9-10-20-14/h4,6-7,9-10,15,20H,5,8,11H2,1-3H3. The van der Waals surface area contributed by atoms with E-state index < -0.39 is 5.60 Å². The van der Waals surface area contributed by atoms with Gasteiger partial charge in [-0.2, -0.15) is 4.98 Å². The van der Waals surface area contributed by atoms with Crippen LogP contribution in [0.2, 0.25) is 0 Å². The van der Waals surface area contributed by atoms with Crippen LogP contribution in [0, 0.1) is 0 Å². The number of H-pyrrole nitrogens is 1. The first-order chi connectivity index (χ1) is 12.4. The minimum Gasteiger partial charge on any atom is -0.444 e. The van der Waals surface area contributed by atoms with Crippen LogP contribution in [-0.4, -0.2) is 38.3 Å². The number of carbonyl (C=O) groups excluding carboxylic acids is 1. The molecule has 1 N–H and O–H groups in total. The maximum atomic E-state index is 12.5. The van der Waals surface area contributed by atoms with Gasteiger partial charge in [-0.15, -0.1) is 0 Å². The van der Waals surface area contributed by atoms with E-state index in [2.05, 4.69) is 15.1 Å². The first kappa shape index (κ1) is 16.6. The van der Waals surface area contributed by atoms with Crippen LogP contribution in [0.25, 0.3) is 22.3 Å². The Morgan fingerprint density at radius 3 is 3.00 bits per heavy atom. The second-order valence-corrected chi connectivity index (χ2v) is 7.53. The fourth-order valence-corrected chi connectivity index (χ4v) is 3.32. The van der Waals surface area contributed by atoms with Gasteiger partial charge in [-0.05, 0) is 45.7 Å². The Hall–Kier alpha value is -2.83. The van der Waals surface area contributed by atoms with E-state index in [-0.39, 0.29) is 12.1 Å². The van der Waals surface area contributed by atoms with Crippen LogP contribution in [-0.2, 0) is 4.74 Å². The van der Waals surface area contributed by atoms with E-state index in [4.69, 9.17) is 9.26 Å². The molecular formula is C19H22N4O3. The summed E-state index contributed by atoms with van der Waals surface area (Å²) in [7, 11) is 0. The SMILES string of the molecule is CC(C)(C)OC(=O)N1CCCC1c1nc(-c2cccc3[nH]ccc23)no1. The van der Waals surface area contributed by atoms with Crippen molar-refractivity contribution >= 4 is 17.0 Å². The molecular weight excluding hydrogens is 332 g/mol. The highest BCUT2D eigenvalue weighted by Gasteiger charge is 2.36. The minimum absolute atomic E-state index is 0.239. The molecule has 1 saturated heterocycles. The molecule has 0 aliphatic carbocycles. The molecule has 136 valence electrons. The van der Waals surface area contributed by atoms with Crippen molar-refractivity contribution in [1.82, 2.24) is 20.0 Å². The van der Waals surface area contributed by atoms with Crippen molar-refractivity contribution in [2.24, 2.45) is 0 Å². The zero-order valence-corrected chi connectivity index (χ0v) is 15.2. The largest absolute Gasteiger partial charge is 0.444 e. The number of nitrogens with one attached hydrogen (secondary N) is 1. The van der Waals surface area contributed by atoms with E-state index in [1.807, 2.05) is 51.2 Å². The molecule has 3 aromatic rings. The van der Waals surface area contributed by atoms with Gasteiger partial charge in [0, 0.05) is 29.2 Å². The average molecular weight is 354 g/mol. The number of aromatic nitrogens is 3. The highest BCUT2D eigenvalue weighted by atomic mass is 16.6. The van der Waals surface area contributed by atoms with Crippen LogP contribution in [0.3, 0.4) is 0 Å². The van der Waals surface area contributed by atoms with Crippen LogP contribution >= 0.6 is 0 Å². The van der Waals surface area contributed by atoms with E-state index in [9.17, 15) is 4.79 Å². The summed E-state index contributed by atoms with van der Waals surface area (Å²) in [5.41, 5.74) is 1.39. The van der Waals surface area contributed by atoms with Crippen molar-refractivity contribution in [3.05, 3.63) is 36.4 Å². The van der Waals surface area contributed by atoms with Gasteiger partial charge in [0.05, 0.1) is 0 Å². The summed E-state index contributed by atoms with van der Waals surface area (Å²) in [5, 5.41) is 5.19. The first-order valence-electron chi connectivity index (χ1n) is 8.82. The first-order valence-corrected chi connectivity index (χ1v) is 8.82. The number of rotatable bonds is 2. The number of aromatic amines is 1. The van der Waals surface area contributed by atoms with Crippen molar-refractivity contribution < 1.29 is 14.1 Å². The molecule has 1 atom stereocenters. The second-order valence-electron chi connectivity index (χ2n) is 7.53. The van der Waals surface area contributed by atoms with Gasteiger partial charge in [-0.1, -0.05) is 17.3 Å². The molecule has 3 heterocycles. The van der Waals surface area contributed by atoms with E-state index in [1.165, 1.54) is 0 Å². The summed E-state index contributed by atoms with van der Waals surface area (Å²) in [6.07, 6.45) is 3.22. The number of nitrogens with zero attached hydrogens (tertiary/aromatic N) is 3. The van der Waals surface area contributed by atoms with Crippen molar-refractivity contribution in [2.75, 3.05) is 6.54 Å². The van der Waals surface area contributed by atoms with Gasteiger partial charge in [-0.3, -0.25) is 4.90 Å². The molecule has 1 aliphatic heterocycles. The lowest BCUT2D eigenvalue weighted by Gasteiger charge is -2.26. The topological polar surface area (TPSA) is 84.2 Å². The number of hydrogen-bond acceptors (Lipinski definition) is 5. The zero-order chi connectivity index (χ0) is 18.3. The zero-order valence-electron chi connectivity index (χ0n) is 15.2. The van der Waals surface area contributed by atoms with Crippen molar-refractivity contribution in [3.8, 4) is 11.4 Å². The summed E-state index contributed by atoms with van der Waals surface area (Å²) >= 11 is 0. The molecule has 1 aromatic carbocycles. The van der Waals surface area contributed by atoms with E-state index in [0.29, 0.717) is 18.3 Å². The lowest BCUT2D eigenvalue weighted by molar-refractivity contribution is 0.0199. The predicted molar refractivity (Wildman–Crippen MR) is 96.5 cm³/mol. The van der Waals surface area contributed by atoms with Gasteiger partial charge in [-0.25, -0.2) is 4.79 Å². The molecule has 1 unspecified atom stereocenters. The van der Waals surface area contributed by atoms with E-state index in [0.717, 1.165) is 29.3 Å². The Labute approximate surface area is 151 Å². The van der Waals surface area contributed by atoms with Crippen LogP contribution in [0.5, 0.6) is 0 Å². The third-order valence-electron chi connectivity index (χ3n) is 4.44. The monoisotopic (exact) mass is 354 g/mol. The molecule has 2 aromatic heterocycles. The summed E-state index contributed by atoms with van der Waals surface area (Å²) in [5.74, 6) is 0.983. The number of amides is 1. The Morgan fingerprint density at radius 2 is 2.19 bits per heavy atom. The number of likely N-dealkylation sites (tertiary alicyclic amines) is 1. The minimum atomic E-state index is -0.534. The van der Waals surface area contributed by atoms with Gasteiger partial charge >= 0.3 is 6.09 Å². The molecule has 0 bridgehead atoms. The molecule has 0 spiro atoms. The fourth-order valence-electron chi connectivity index (χ4n) is 3.32. The normalized spacial score (nSPS) is 17.8. The van der Waals surface area contributed by atoms with Crippen LogP contribution in [0.4, 0.5) is 4.79 Å². The second kappa shape index (κ2) is 6.16. The number of carbonyl (C=O) groups is 1. The Balaban J connectivity index is 1.61. The van der Waals surface area contributed by atoms with Crippen LogP contribution < -0.4 is 0 Å². The highest BCUT2D eigenvalue weighted by Crippen LogP contribution is 2.34. The van der Waals surface area contributed by atoms with Gasteiger partial charge < -0.3 is 14.2 Å². The van der Waals surface area contributed by atoms with Crippen LogP contribution in [0.15, 0.2) is 35.0 Å². The maximum Gasteiger partial charge on any atom is 0.410 e. The van der Waals surface area contributed by atoms with Crippen LogP contribution in [0.1, 0.15) is 45.5 Å². The number of hydrogen-bond donors (Lipinski definition) is 1. The molecule has 1 aliphatic rings. The lowest BCUT2D eigenvalue weighted by Crippen LogP contribution is -2.36. The summed E-state index contributed by atoms with van der Waals surface area (Å²) in [6, 6.07) is 7.67. The molecule has 26 heavy (non-hydrogen) atoms. The molecule has 1 amide bonds. The summed E-state index contributed by atoms with van der Waals surface area (Å²) < 4.78 is 11.0. The average Bonchev–Trinajstić information content (AvgIpc) is 3.31. The van der Waals surface area contributed by atoms with E-state index in [1.54, 1.807) is 4.90 Å². The summed E-state index contributed by atoms with van der Waals surface area (Å²) in [4.78, 5) is 21.9. The molecule has 7 nitrogen and oxygen atoms in total. The molecule has 1 fully saturated rings. The van der Waals surface area contributed by atoms with Crippen molar-refractivity contribution in [1.29, 1.82) is 0 Å². The van der Waals surface area contributed by atoms with Gasteiger partial charge in [0.15, 0.2) is 0 Å². The molecule has 4 rings (SSSR count). The Morgan fingerprint density at radius 1 is 1.35 bits per heavy atom. The molecule has 0 saturated carbocycles. The predicted octanol–water partition coefficient (Wildman–Crippen LogP) is 4.29. The van der Waals surface area contributed by atoms with Gasteiger partial charge in [0.25, 0.3) is 0 Å². The third-order valence-corrected chi connectivity index (χ3v) is 4.44. The third kappa shape index (κ3) is 3.05. The quantitative estimate of drug-likeness (QED) is 0.742. The number of ether oxygens (including phenoxy) is 1. The highest BCUT2D eigenvalue weighted by molar-refractivity contribution is 5.93. The van der Waals surface area contributed by atoms with Crippen molar-refractivity contribution in [3.63, 3.8) is 0 Å². The molecule has 7 heteroatoms. The Kier molecular flexibility index (Phi) is 3.94. The Bertz CT molecular complexity index is 938. The van der Waals surface area contributed by atoms with Crippen molar-refractivity contribution in [2.45, 2.75) is 45.3 Å². The fraction of sp³-hybridized carbons (Fsp3) is 0.421. The smallest absolute Gasteiger partial charge is 0.410 e. The van der Waals surface area contributed by atoms with Gasteiger partial charge in [0.2, 0.25) is 11.7 Å². The van der Waals surface area contributed by atoms with Gasteiger partial charge in [0.1, 0.15) is 11.6 Å². The summed E-state index contributed by atoms with van der Waals surface area (Å²) in [6.45, 7) is 6.21.